The van der Waals surface area contributed by atoms with Gasteiger partial charge in [0.15, 0.2) is 0 Å². The molecule has 174 valence electrons. The first-order valence-corrected chi connectivity index (χ1v) is 10.8. The third kappa shape index (κ3) is 6.34. The molecule has 0 amide bonds. The molecule has 0 bridgehead atoms. The van der Waals surface area contributed by atoms with E-state index in [-0.39, 0.29) is 6.10 Å². The van der Waals surface area contributed by atoms with Crippen LogP contribution in [0.4, 0.5) is 13.2 Å². The van der Waals surface area contributed by atoms with E-state index in [1.54, 1.807) is 37.3 Å². The van der Waals surface area contributed by atoms with Crippen LogP contribution in [-0.2, 0) is 11.0 Å². The number of rotatable bonds is 9. The van der Waals surface area contributed by atoms with Crippen molar-refractivity contribution in [1.82, 2.24) is 4.98 Å². The summed E-state index contributed by atoms with van der Waals surface area (Å²) in [7, 11) is 0. The standard InChI is InChI=1S/C26H26F3NO3/c1-3-4-8-24(33-21-15-11-18(12-16-21)17(2)25(31)32)23-7-5-6-22(30-23)19-9-13-20(14-10-19)26(27,28)29/h5-7,9-17,24H,3-4,8H2,1-2H3,(H,31,32). The van der Waals surface area contributed by atoms with E-state index < -0.39 is 23.6 Å². The molecule has 3 aromatic rings. The number of nitrogens with zero attached hydrogens (tertiary/aromatic N) is 1. The molecule has 7 heteroatoms. The molecule has 0 radical (unpaired) electrons. The maximum atomic E-state index is 12.9. The molecule has 1 N–H and O–H groups in total. The molecule has 0 fully saturated rings. The second-order valence-electron chi connectivity index (χ2n) is 7.90. The molecule has 0 aliphatic carbocycles. The van der Waals surface area contributed by atoms with E-state index in [9.17, 15) is 23.1 Å². The van der Waals surface area contributed by atoms with Crippen LogP contribution in [0.25, 0.3) is 11.3 Å². The Bertz CT molecular complexity index is 1060. The summed E-state index contributed by atoms with van der Waals surface area (Å²) < 4.78 is 44.8. The minimum atomic E-state index is -4.38. The molecule has 0 saturated carbocycles. The van der Waals surface area contributed by atoms with E-state index in [1.807, 2.05) is 12.1 Å². The molecule has 0 spiro atoms. The Balaban J connectivity index is 1.83. The van der Waals surface area contributed by atoms with E-state index in [2.05, 4.69) is 11.9 Å². The summed E-state index contributed by atoms with van der Waals surface area (Å²) in [5.41, 5.74) is 1.82. The largest absolute Gasteiger partial charge is 0.484 e. The Morgan fingerprint density at radius 3 is 2.27 bits per heavy atom. The fourth-order valence-electron chi connectivity index (χ4n) is 3.42. The van der Waals surface area contributed by atoms with Crippen LogP contribution in [0.2, 0.25) is 0 Å². The Labute approximate surface area is 191 Å². The number of alkyl halides is 3. The van der Waals surface area contributed by atoms with E-state index in [0.29, 0.717) is 34.7 Å². The van der Waals surface area contributed by atoms with Crippen molar-refractivity contribution in [3.8, 4) is 17.0 Å². The van der Waals surface area contributed by atoms with Gasteiger partial charge in [-0.05, 0) is 61.7 Å². The van der Waals surface area contributed by atoms with Crippen molar-refractivity contribution >= 4 is 5.97 Å². The minimum Gasteiger partial charge on any atom is -0.484 e. The van der Waals surface area contributed by atoms with Gasteiger partial charge in [0, 0.05) is 5.56 Å². The van der Waals surface area contributed by atoms with Crippen LogP contribution in [0.15, 0.2) is 66.7 Å². The lowest BCUT2D eigenvalue weighted by molar-refractivity contribution is -0.138. The zero-order valence-electron chi connectivity index (χ0n) is 18.5. The molecule has 33 heavy (non-hydrogen) atoms. The van der Waals surface area contributed by atoms with Crippen molar-refractivity contribution in [2.45, 2.75) is 51.3 Å². The number of aromatic nitrogens is 1. The fraction of sp³-hybridized carbons (Fsp3) is 0.308. The van der Waals surface area contributed by atoms with E-state index in [1.165, 1.54) is 12.1 Å². The number of carboxylic acids is 1. The Kier molecular flexibility index (Phi) is 7.74. The Morgan fingerprint density at radius 2 is 1.70 bits per heavy atom. The molecule has 4 nitrogen and oxygen atoms in total. The smallest absolute Gasteiger partial charge is 0.416 e. The van der Waals surface area contributed by atoms with Gasteiger partial charge in [-0.25, -0.2) is 4.98 Å². The van der Waals surface area contributed by atoms with Gasteiger partial charge in [-0.2, -0.15) is 13.2 Å². The van der Waals surface area contributed by atoms with Crippen LogP contribution >= 0.6 is 0 Å². The molecule has 2 unspecified atom stereocenters. The van der Waals surface area contributed by atoms with Crippen molar-refractivity contribution in [3.63, 3.8) is 0 Å². The van der Waals surface area contributed by atoms with Crippen molar-refractivity contribution in [1.29, 1.82) is 0 Å². The van der Waals surface area contributed by atoms with Gasteiger partial charge in [0.2, 0.25) is 0 Å². The highest BCUT2D eigenvalue weighted by atomic mass is 19.4. The fourth-order valence-corrected chi connectivity index (χ4v) is 3.42. The van der Waals surface area contributed by atoms with Crippen molar-refractivity contribution < 1.29 is 27.8 Å². The highest BCUT2D eigenvalue weighted by molar-refractivity contribution is 5.75. The number of hydrogen-bond donors (Lipinski definition) is 1. The average molecular weight is 457 g/mol. The molecule has 3 rings (SSSR count). The molecule has 2 atom stereocenters. The number of carbonyl (C=O) groups is 1. The number of unbranched alkanes of at least 4 members (excludes halogenated alkanes) is 1. The van der Waals surface area contributed by atoms with Crippen LogP contribution in [0.1, 0.15) is 62.0 Å². The quantitative estimate of drug-likeness (QED) is 0.367. The third-order valence-corrected chi connectivity index (χ3v) is 5.46. The zero-order chi connectivity index (χ0) is 24.0. The molecular weight excluding hydrogens is 431 g/mol. The molecule has 1 aromatic heterocycles. The van der Waals surface area contributed by atoms with Gasteiger partial charge >= 0.3 is 12.1 Å². The number of pyridine rings is 1. The van der Waals surface area contributed by atoms with Gasteiger partial charge in [-0.3, -0.25) is 4.79 Å². The first kappa shape index (κ1) is 24.3. The van der Waals surface area contributed by atoms with Gasteiger partial charge in [0.1, 0.15) is 11.9 Å². The Morgan fingerprint density at radius 1 is 1.03 bits per heavy atom. The summed E-state index contributed by atoms with van der Waals surface area (Å²) in [4.78, 5) is 15.9. The highest BCUT2D eigenvalue weighted by Crippen LogP contribution is 2.32. The summed E-state index contributed by atoms with van der Waals surface area (Å²) in [5.74, 6) is -0.912. The molecule has 0 aliphatic heterocycles. The van der Waals surface area contributed by atoms with Crippen LogP contribution in [0, 0.1) is 0 Å². The topological polar surface area (TPSA) is 59.4 Å². The molecule has 2 aromatic carbocycles. The molecule has 1 heterocycles. The second-order valence-corrected chi connectivity index (χ2v) is 7.90. The lowest BCUT2D eigenvalue weighted by atomic mass is 10.0. The first-order valence-electron chi connectivity index (χ1n) is 10.8. The number of halogens is 3. The molecule has 0 aliphatic rings. The van der Waals surface area contributed by atoms with Gasteiger partial charge in [0.25, 0.3) is 0 Å². The lowest BCUT2D eigenvalue weighted by Gasteiger charge is -2.20. The first-order chi connectivity index (χ1) is 15.7. The summed E-state index contributed by atoms with van der Waals surface area (Å²) in [6, 6.07) is 17.3. The minimum absolute atomic E-state index is 0.345. The summed E-state index contributed by atoms with van der Waals surface area (Å²) in [6.45, 7) is 3.70. The molecular formula is C26H26F3NO3. The zero-order valence-corrected chi connectivity index (χ0v) is 18.5. The van der Waals surface area contributed by atoms with E-state index in [0.717, 1.165) is 25.0 Å². The lowest BCUT2D eigenvalue weighted by Crippen LogP contribution is -2.11. The van der Waals surface area contributed by atoms with Crippen molar-refractivity contribution in [3.05, 3.63) is 83.6 Å². The summed E-state index contributed by atoms with van der Waals surface area (Å²) in [5, 5.41) is 9.18. The third-order valence-electron chi connectivity index (χ3n) is 5.46. The van der Waals surface area contributed by atoms with Crippen molar-refractivity contribution in [2.75, 3.05) is 0 Å². The summed E-state index contributed by atoms with van der Waals surface area (Å²) >= 11 is 0. The van der Waals surface area contributed by atoms with Crippen LogP contribution in [0.3, 0.4) is 0 Å². The number of ether oxygens (including phenoxy) is 1. The number of benzene rings is 2. The van der Waals surface area contributed by atoms with Gasteiger partial charge < -0.3 is 9.84 Å². The normalized spacial score (nSPS) is 13.4. The number of aliphatic carboxylic acids is 1. The average Bonchev–Trinajstić information content (AvgIpc) is 2.81. The predicted molar refractivity (Wildman–Crippen MR) is 120 cm³/mol. The SMILES string of the molecule is CCCCC(Oc1ccc(C(C)C(=O)O)cc1)c1cccc(-c2ccc(C(F)(F)F)cc2)n1. The highest BCUT2D eigenvalue weighted by Gasteiger charge is 2.30. The molecule has 0 saturated heterocycles. The van der Waals surface area contributed by atoms with Crippen LogP contribution < -0.4 is 4.74 Å². The predicted octanol–water partition coefficient (Wildman–Crippen LogP) is 7.27. The van der Waals surface area contributed by atoms with Gasteiger partial charge in [0.05, 0.1) is 22.9 Å². The van der Waals surface area contributed by atoms with E-state index in [4.69, 9.17) is 4.74 Å². The monoisotopic (exact) mass is 457 g/mol. The van der Waals surface area contributed by atoms with Crippen molar-refractivity contribution in [2.24, 2.45) is 0 Å². The van der Waals surface area contributed by atoms with Gasteiger partial charge in [-0.1, -0.05) is 43.7 Å². The maximum Gasteiger partial charge on any atom is 0.416 e. The second kappa shape index (κ2) is 10.5. The van der Waals surface area contributed by atoms with Crippen LogP contribution in [-0.4, -0.2) is 16.1 Å². The van der Waals surface area contributed by atoms with Gasteiger partial charge in [-0.15, -0.1) is 0 Å². The van der Waals surface area contributed by atoms with Crippen LogP contribution in [0.5, 0.6) is 5.75 Å². The van der Waals surface area contributed by atoms with E-state index >= 15 is 0 Å². The Hall–Kier alpha value is -3.35. The summed E-state index contributed by atoms with van der Waals surface area (Å²) in [6.07, 6.45) is -2.14. The number of carboxylic acid groups (broad SMARTS) is 1. The number of hydrogen-bond acceptors (Lipinski definition) is 3. The maximum absolute atomic E-state index is 12.9.